The predicted molar refractivity (Wildman–Crippen MR) is 192 cm³/mol. The van der Waals surface area contributed by atoms with Crippen LogP contribution in [0.2, 0.25) is 0 Å². The molecule has 4 rings (SSSR count). The van der Waals surface area contributed by atoms with Crippen LogP contribution in [-0.2, 0) is 26.4 Å². The standard InChI is InChI=1S/C42H44N2O4.Co/c1-25-19-27(3)37(28(4)20-25)41(47)35(31(7)45)23-43-39(33-15-11-9-12-16-33)40(34-17-13-10-14-18-34)44-24-36(32(8)46)42(48)38-29(5)21-26(2)22-30(38)6;/h9-24,39-40,47-48H,1-8H3;/q;+2/p-2. The van der Waals surface area contributed by atoms with Gasteiger partial charge in [0.2, 0.25) is 0 Å². The summed E-state index contributed by atoms with van der Waals surface area (Å²) in [4.78, 5) is 35.7. The molecule has 49 heavy (non-hydrogen) atoms. The average Bonchev–Trinajstić information content (AvgIpc) is 3.01. The number of benzene rings is 4. The van der Waals surface area contributed by atoms with Gasteiger partial charge in [0.15, 0.2) is 11.6 Å². The maximum atomic E-state index is 13.8. The molecule has 0 heterocycles. The maximum absolute atomic E-state index is 13.8. The molecular weight excluding hydrogens is 655 g/mol. The van der Waals surface area contributed by atoms with Crippen molar-refractivity contribution < 1.29 is 36.6 Å². The zero-order valence-corrected chi connectivity index (χ0v) is 30.3. The van der Waals surface area contributed by atoms with E-state index in [0.717, 1.165) is 44.5 Å². The SMILES string of the molecule is CC(=O)C(C=NC(c1ccccc1)C(N=CC(C(C)=O)=C([O-])c1c(C)cc(C)cc1C)c1ccccc1)=C([O-])c1c(C)cc(C)cc1C.[Co+2]. The molecule has 4 aromatic carbocycles. The van der Waals surface area contributed by atoms with Gasteiger partial charge >= 0.3 is 16.8 Å². The number of nitrogens with zero attached hydrogens (tertiary/aromatic N) is 2. The van der Waals surface area contributed by atoms with Crippen molar-refractivity contribution in [2.75, 3.05) is 0 Å². The number of allylic oxidation sites excluding steroid dienone is 2. The van der Waals surface area contributed by atoms with Gasteiger partial charge in [0.25, 0.3) is 0 Å². The third-order valence-electron chi connectivity index (χ3n) is 8.37. The first-order chi connectivity index (χ1) is 22.8. The van der Waals surface area contributed by atoms with Crippen molar-refractivity contribution in [3.8, 4) is 0 Å². The molecule has 0 saturated carbocycles. The van der Waals surface area contributed by atoms with Gasteiger partial charge in [0.1, 0.15) is 12.1 Å². The van der Waals surface area contributed by atoms with E-state index in [1.807, 2.05) is 126 Å². The van der Waals surface area contributed by atoms with Crippen molar-refractivity contribution in [3.05, 3.63) is 152 Å². The second-order valence-corrected chi connectivity index (χ2v) is 12.4. The molecule has 7 heteroatoms. The molecule has 0 spiro atoms. The second-order valence-electron chi connectivity index (χ2n) is 12.4. The molecule has 0 bridgehead atoms. The summed E-state index contributed by atoms with van der Waals surface area (Å²) in [6.07, 6.45) is 2.71. The largest absolute Gasteiger partial charge is 2.00 e. The first-order valence-electron chi connectivity index (χ1n) is 16.0. The Labute approximate surface area is 300 Å². The van der Waals surface area contributed by atoms with Crippen molar-refractivity contribution in [1.82, 2.24) is 0 Å². The van der Waals surface area contributed by atoms with Crippen LogP contribution < -0.4 is 10.2 Å². The van der Waals surface area contributed by atoms with E-state index in [9.17, 15) is 19.8 Å². The monoisotopic (exact) mass is 697 g/mol. The van der Waals surface area contributed by atoms with E-state index in [1.165, 1.54) is 26.3 Å². The summed E-state index contributed by atoms with van der Waals surface area (Å²) in [7, 11) is 0. The fraction of sp³-hybridized carbons (Fsp3) is 0.238. The van der Waals surface area contributed by atoms with Gasteiger partial charge in [-0.15, -0.1) is 0 Å². The molecule has 253 valence electrons. The van der Waals surface area contributed by atoms with Gasteiger partial charge in [-0.3, -0.25) is 19.6 Å². The number of hydrogen-bond acceptors (Lipinski definition) is 6. The molecule has 0 aliphatic heterocycles. The number of carbonyl (C=O) groups excluding carboxylic acids is 2. The third-order valence-corrected chi connectivity index (χ3v) is 8.37. The van der Waals surface area contributed by atoms with Crippen molar-refractivity contribution in [3.63, 3.8) is 0 Å². The van der Waals surface area contributed by atoms with Crippen LogP contribution in [0.1, 0.15) is 81.6 Å². The van der Waals surface area contributed by atoms with Gasteiger partial charge in [-0.25, -0.2) is 0 Å². The summed E-state index contributed by atoms with van der Waals surface area (Å²) in [5.41, 5.74) is 7.62. The molecule has 6 nitrogen and oxygen atoms in total. The third kappa shape index (κ3) is 9.19. The van der Waals surface area contributed by atoms with E-state index in [4.69, 9.17) is 9.98 Å². The van der Waals surface area contributed by atoms with Crippen molar-refractivity contribution in [2.45, 2.75) is 67.5 Å². The summed E-state index contributed by atoms with van der Waals surface area (Å²) in [5, 5.41) is 27.7. The molecule has 0 N–H and O–H groups in total. The quantitative estimate of drug-likeness (QED) is 0.0941. The average molecular weight is 698 g/mol. The molecule has 0 aromatic heterocycles. The Morgan fingerprint density at radius 2 is 0.837 bits per heavy atom. The smallest absolute Gasteiger partial charge is 0.872 e. The van der Waals surface area contributed by atoms with Crippen molar-refractivity contribution >= 4 is 35.5 Å². The summed E-state index contributed by atoms with van der Waals surface area (Å²) < 4.78 is 0. The van der Waals surface area contributed by atoms with Gasteiger partial charge in [-0.1, -0.05) is 108 Å². The Bertz CT molecular complexity index is 1770. The first-order valence-corrected chi connectivity index (χ1v) is 16.0. The molecular formula is C42H42CoN2O4. The Morgan fingerprint density at radius 1 is 0.551 bits per heavy atom. The number of hydrogen-bond donors (Lipinski definition) is 0. The topological polar surface area (TPSA) is 105 Å². The predicted octanol–water partition coefficient (Wildman–Crippen LogP) is 7.18. The number of aliphatic imine (C=N–C) groups is 2. The number of Topliss-reactive ketones (excluding diaryl/α,β-unsaturated/α-hetero) is 2. The summed E-state index contributed by atoms with van der Waals surface area (Å²) in [5.74, 6) is -1.60. The zero-order chi connectivity index (χ0) is 35.1. The van der Waals surface area contributed by atoms with E-state index >= 15 is 0 Å². The summed E-state index contributed by atoms with van der Waals surface area (Å²) >= 11 is 0. The second kappa shape index (κ2) is 17.0. The van der Waals surface area contributed by atoms with E-state index in [0.29, 0.717) is 11.1 Å². The van der Waals surface area contributed by atoms with E-state index in [1.54, 1.807) is 0 Å². The summed E-state index contributed by atoms with van der Waals surface area (Å²) in [6, 6.07) is 25.2. The van der Waals surface area contributed by atoms with Crippen molar-refractivity contribution in [2.24, 2.45) is 9.98 Å². The molecule has 0 aliphatic rings. The van der Waals surface area contributed by atoms with Crippen LogP contribution in [0.15, 0.2) is 106 Å². The van der Waals surface area contributed by atoms with Crippen LogP contribution in [0.3, 0.4) is 0 Å². The first kappa shape index (κ1) is 38.6. The summed E-state index contributed by atoms with van der Waals surface area (Å²) in [6.45, 7) is 14.1. The molecule has 0 amide bonds. The molecule has 0 saturated heterocycles. The fourth-order valence-corrected chi connectivity index (χ4v) is 6.27. The van der Waals surface area contributed by atoms with Crippen LogP contribution in [-0.4, -0.2) is 24.0 Å². The van der Waals surface area contributed by atoms with E-state index in [-0.39, 0.29) is 27.9 Å². The minimum atomic E-state index is -0.710. The number of aryl methyl sites for hydroxylation is 6. The Morgan fingerprint density at radius 3 is 1.10 bits per heavy atom. The number of rotatable bonds is 11. The molecule has 4 aromatic rings. The maximum Gasteiger partial charge on any atom is 2.00 e. The van der Waals surface area contributed by atoms with Crippen LogP contribution >= 0.6 is 0 Å². The molecule has 0 aliphatic carbocycles. The zero-order valence-electron chi connectivity index (χ0n) is 29.3. The van der Waals surface area contributed by atoms with Crippen molar-refractivity contribution in [1.29, 1.82) is 0 Å². The molecule has 2 atom stereocenters. The Kier molecular flexibility index (Phi) is 13.4. The minimum absolute atomic E-state index is 0. The number of carbonyl (C=O) groups is 2. The molecule has 0 fully saturated rings. The van der Waals surface area contributed by atoms with E-state index in [2.05, 4.69) is 0 Å². The van der Waals surface area contributed by atoms with Gasteiger partial charge in [-0.05, 0) is 99.9 Å². The molecule has 1 radical (unpaired) electrons. The fourth-order valence-electron chi connectivity index (χ4n) is 6.27. The van der Waals surface area contributed by atoms with E-state index < -0.39 is 35.2 Å². The van der Waals surface area contributed by atoms with Gasteiger partial charge < -0.3 is 10.2 Å². The Hall–Kier alpha value is -4.85. The number of ketones is 2. The van der Waals surface area contributed by atoms with Gasteiger partial charge in [0, 0.05) is 23.6 Å². The van der Waals surface area contributed by atoms with Crippen LogP contribution in [0.25, 0.3) is 11.5 Å². The molecule has 2 unspecified atom stereocenters. The van der Waals surface area contributed by atoms with Crippen LogP contribution in [0.5, 0.6) is 0 Å². The minimum Gasteiger partial charge on any atom is -0.872 e. The van der Waals surface area contributed by atoms with Crippen LogP contribution in [0, 0.1) is 41.5 Å². The van der Waals surface area contributed by atoms with Gasteiger partial charge in [0.05, 0.1) is 0 Å². The Balaban J connectivity index is 0.00000650. The van der Waals surface area contributed by atoms with Gasteiger partial charge in [-0.2, -0.15) is 0 Å². The van der Waals surface area contributed by atoms with Crippen LogP contribution in [0.4, 0.5) is 0 Å². The normalized spacial score (nSPS) is 13.8.